The molecular weight excluding hydrogens is 408 g/mol. The molecular formula is C24H32N4O2S. The molecule has 31 heavy (non-hydrogen) atoms. The molecule has 0 fully saturated rings. The van der Waals surface area contributed by atoms with Gasteiger partial charge in [-0.15, -0.1) is 11.3 Å². The molecule has 3 heterocycles. The average Bonchev–Trinajstić information content (AvgIpc) is 3.40. The first-order valence-electron chi connectivity index (χ1n) is 11.0. The lowest BCUT2D eigenvalue weighted by Gasteiger charge is -2.10. The highest BCUT2D eigenvalue weighted by Gasteiger charge is 2.20. The molecule has 0 aromatic carbocycles. The minimum Gasteiger partial charge on any atom is -0.385 e. The van der Waals surface area contributed by atoms with Crippen LogP contribution in [0.1, 0.15) is 54.9 Å². The minimum atomic E-state index is -0.0396. The van der Waals surface area contributed by atoms with Crippen molar-refractivity contribution < 1.29 is 9.53 Å². The quantitative estimate of drug-likeness (QED) is 0.421. The summed E-state index contributed by atoms with van der Waals surface area (Å²) >= 11 is 1.63. The Morgan fingerprint density at radius 2 is 2.10 bits per heavy atom. The molecule has 1 N–H and O–H groups in total. The standard InChI is InChI=1S/C24H32N4O2S/c1-5-7-12-28-17(3)20(23(29)26-10-8-13-30-4)15-22(28)21-16-31-24(27-21)18-9-11-25-19(6-2)14-18/h9,11,14-16H,5-8,10,12-13H2,1-4H3,(H,26,29). The van der Waals surface area contributed by atoms with E-state index < -0.39 is 0 Å². The second-order valence-corrected chi connectivity index (χ2v) is 8.42. The predicted octanol–water partition coefficient (Wildman–Crippen LogP) is 5.11. The van der Waals surface area contributed by atoms with Crippen LogP contribution in [-0.2, 0) is 17.7 Å². The highest BCUT2D eigenvalue weighted by molar-refractivity contribution is 7.13. The topological polar surface area (TPSA) is 69.0 Å². The first kappa shape index (κ1) is 23.2. The molecule has 3 rings (SSSR count). The van der Waals surface area contributed by atoms with Crippen LogP contribution in [0.3, 0.4) is 0 Å². The van der Waals surface area contributed by atoms with Gasteiger partial charge in [-0.2, -0.15) is 0 Å². The smallest absolute Gasteiger partial charge is 0.253 e. The molecule has 1 amide bonds. The van der Waals surface area contributed by atoms with Crippen LogP contribution in [-0.4, -0.2) is 40.7 Å². The van der Waals surface area contributed by atoms with Gasteiger partial charge < -0.3 is 14.6 Å². The first-order chi connectivity index (χ1) is 15.1. The van der Waals surface area contributed by atoms with Crippen molar-refractivity contribution >= 4 is 17.2 Å². The molecule has 0 radical (unpaired) electrons. The maximum atomic E-state index is 12.8. The van der Waals surface area contributed by atoms with Crippen molar-refractivity contribution in [1.82, 2.24) is 19.9 Å². The lowest BCUT2D eigenvalue weighted by molar-refractivity contribution is 0.0948. The number of aryl methyl sites for hydroxylation is 1. The van der Waals surface area contributed by atoms with E-state index in [1.165, 1.54) is 0 Å². The number of nitrogens with one attached hydrogen (secondary N) is 1. The number of nitrogens with zero attached hydrogens (tertiary/aromatic N) is 3. The summed E-state index contributed by atoms with van der Waals surface area (Å²) in [7, 11) is 1.67. The number of aromatic nitrogens is 3. The Bertz CT molecular complexity index is 1010. The molecule has 6 nitrogen and oxygen atoms in total. The highest BCUT2D eigenvalue weighted by Crippen LogP contribution is 2.32. The summed E-state index contributed by atoms with van der Waals surface area (Å²) in [6.07, 6.45) is 5.68. The fourth-order valence-electron chi connectivity index (χ4n) is 3.53. The molecule has 0 aliphatic carbocycles. The number of ether oxygens (including phenoxy) is 1. The number of thiazole rings is 1. The van der Waals surface area contributed by atoms with Crippen LogP contribution in [0.15, 0.2) is 29.8 Å². The van der Waals surface area contributed by atoms with Gasteiger partial charge in [0.15, 0.2) is 0 Å². The Morgan fingerprint density at radius 1 is 1.26 bits per heavy atom. The van der Waals surface area contributed by atoms with E-state index in [-0.39, 0.29) is 5.91 Å². The molecule has 7 heteroatoms. The summed E-state index contributed by atoms with van der Waals surface area (Å²) < 4.78 is 7.30. The van der Waals surface area contributed by atoms with Crippen LogP contribution < -0.4 is 5.32 Å². The number of methoxy groups -OCH3 is 1. The number of hydrogen-bond donors (Lipinski definition) is 1. The van der Waals surface area contributed by atoms with E-state index in [0.717, 1.165) is 71.1 Å². The van der Waals surface area contributed by atoms with Gasteiger partial charge in [-0.3, -0.25) is 9.78 Å². The third kappa shape index (κ3) is 5.60. The molecule has 0 aliphatic rings. The van der Waals surface area contributed by atoms with Crippen molar-refractivity contribution in [2.24, 2.45) is 0 Å². The van der Waals surface area contributed by atoms with Crippen LogP contribution in [0.4, 0.5) is 0 Å². The SMILES string of the molecule is CCCCn1c(-c2csc(-c3ccnc(CC)c3)n2)cc(C(=O)NCCCOC)c1C. The van der Waals surface area contributed by atoms with E-state index in [4.69, 9.17) is 9.72 Å². The lowest BCUT2D eigenvalue weighted by Crippen LogP contribution is -2.25. The summed E-state index contributed by atoms with van der Waals surface area (Å²) in [4.78, 5) is 22.1. The summed E-state index contributed by atoms with van der Waals surface area (Å²) in [6, 6.07) is 6.09. The van der Waals surface area contributed by atoms with Gasteiger partial charge in [-0.1, -0.05) is 20.3 Å². The molecule has 0 bridgehead atoms. The fourth-order valence-corrected chi connectivity index (χ4v) is 4.34. The molecule has 0 unspecified atom stereocenters. The monoisotopic (exact) mass is 440 g/mol. The van der Waals surface area contributed by atoms with Gasteiger partial charge in [-0.25, -0.2) is 4.98 Å². The maximum Gasteiger partial charge on any atom is 0.253 e. The molecule has 3 aromatic rings. The molecule has 0 spiro atoms. The van der Waals surface area contributed by atoms with Gasteiger partial charge in [0.05, 0.1) is 17.0 Å². The summed E-state index contributed by atoms with van der Waals surface area (Å²) in [6.45, 7) is 8.41. The second kappa shape index (κ2) is 11.2. The number of pyridine rings is 1. The highest BCUT2D eigenvalue weighted by atomic mass is 32.1. The number of unbranched alkanes of at least 4 members (excludes halogenated alkanes) is 1. The van der Waals surface area contributed by atoms with Gasteiger partial charge in [0.25, 0.3) is 5.91 Å². The molecule has 0 saturated heterocycles. The first-order valence-corrected chi connectivity index (χ1v) is 11.8. The van der Waals surface area contributed by atoms with Crippen molar-refractivity contribution in [2.75, 3.05) is 20.3 Å². The average molecular weight is 441 g/mol. The Hall–Kier alpha value is -2.51. The summed E-state index contributed by atoms with van der Waals surface area (Å²) in [5.41, 5.74) is 5.76. The van der Waals surface area contributed by atoms with Crippen molar-refractivity contribution in [3.05, 3.63) is 46.7 Å². The van der Waals surface area contributed by atoms with Crippen LogP contribution in [0, 0.1) is 6.92 Å². The molecule has 0 aliphatic heterocycles. The van der Waals surface area contributed by atoms with Crippen LogP contribution >= 0.6 is 11.3 Å². The second-order valence-electron chi connectivity index (χ2n) is 7.56. The Balaban J connectivity index is 1.90. The van der Waals surface area contributed by atoms with E-state index >= 15 is 0 Å². The predicted molar refractivity (Wildman–Crippen MR) is 127 cm³/mol. The zero-order valence-electron chi connectivity index (χ0n) is 18.9. The van der Waals surface area contributed by atoms with Crippen LogP contribution in [0.25, 0.3) is 22.0 Å². The lowest BCUT2D eigenvalue weighted by atomic mass is 10.2. The Morgan fingerprint density at radius 3 is 2.84 bits per heavy atom. The minimum absolute atomic E-state index is 0.0396. The number of carbonyl (C=O) groups is 1. The largest absolute Gasteiger partial charge is 0.385 e. The van der Waals surface area contributed by atoms with Crippen LogP contribution in [0.2, 0.25) is 0 Å². The van der Waals surface area contributed by atoms with Crippen molar-refractivity contribution in [3.8, 4) is 22.0 Å². The molecule has 0 saturated carbocycles. The van der Waals surface area contributed by atoms with E-state index in [1.807, 2.05) is 25.3 Å². The summed E-state index contributed by atoms with van der Waals surface area (Å²) in [5, 5.41) is 6.06. The zero-order chi connectivity index (χ0) is 22.2. The molecule has 0 atom stereocenters. The third-order valence-electron chi connectivity index (χ3n) is 5.35. The van der Waals surface area contributed by atoms with Crippen molar-refractivity contribution in [3.63, 3.8) is 0 Å². The Labute approximate surface area is 188 Å². The Kier molecular flexibility index (Phi) is 8.37. The van der Waals surface area contributed by atoms with Crippen molar-refractivity contribution in [2.45, 2.75) is 53.0 Å². The van der Waals surface area contributed by atoms with Gasteiger partial charge in [-0.05, 0) is 44.4 Å². The number of rotatable bonds is 11. The van der Waals surface area contributed by atoms with E-state index in [0.29, 0.717) is 13.2 Å². The molecule has 3 aromatic heterocycles. The van der Waals surface area contributed by atoms with Gasteiger partial charge in [0.2, 0.25) is 0 Å². The zero-order valence-corrected chi connectivity index (χ0v) is 19.7. The maximum absolute atomic E-state index is 12.8. The fraction of sp³-hybridized carbons (Fsp3) is 0.458. The van der Waals surface area contributed by atoms with Gasteiger partial charge in [0, 0.05) is 55.3 Å². The van der Waals surface area contributed by atoms with E-state index in [1.54, 1.807) is 18.4 Å². The normalized spacial score (nSPS) is 11.1. The van der Waals surface area contributed by atoms with E-state index in [2.05, 4.69) is 40.2 Å². The third-order valence-corrected chi connectivity index (χ3v) is 6.24. The van der Waals surface area contributed by atoms with Crippen LogP contribution in [0.5, 0.6) is 0 Å². The van der Waals surface area contributed by atoms with Gasteiger partial charge >= 0.3 is 0 Å². The van der Waals surface area contributed by atoms with Crippen molar-refractivity contribution in [1.29, 1.82) is 0 Å². The number of hydrogen-bond acceptors (Lipinski definition) is 5. The number of carbonyl (C=O) groups excluding carboxylic acids is 1. The van der Waals surface area contributed by atoms with E-state index in [9.17, 15) is 4.79 Å². The van der Waals surface area contributed by atoms with Gasteiger partial charge in [0.1, 0.15) is 5.01 Å². The molecule has 166 valence electrons. The number of amides is 1. The summed E-state index contributed by atoms with van der Waals surface area (Å²) in [5.74, 6) is -0.0396.